The van der Waals surface area contributed by atoms with E-state index < -0.39 is 6.10 Å². The summed E-state index contributed by atoms with van der Waals surface area (Å²) in [5.41, 5.74) is 0.935. The van der Waals surface area contributed by atoms with Crippen LogP contribution in [0.25, 0.3) is 0 Å². The van der Waals surface area contributed by atoms with Crippen molar-refractivity contribution in [1.29, 1.82) is 0 Å². The molecule has 1 saturated heterocycles. The van der Waals surface area contributed by atoms with E-state index in [1.165, 1.54) is 0 Å². The second-order valence-corrected chi connectivity index (χ2v) is 5.02. The summed E-state index contributed by atoms with van der Waals surface area (Å²) in [4.78, 5) is 13.9. The zero-order chi connectivity index (χ0) is 13.8. The average Bonchev–Trinajstić information content (AvgIpc) is 2.43. The third-order valence-corrected chi connectivity index (χ3v) is 3.54. The largest absolute Gasteiger partial charge is 0.481 e. The molecule has 1 fully saturated rings. The minimum Gasteiger partial charge on any atom is -0.481 e. The van der Waals surface area contributed by atoms with Crippen LogP contribution in [-0.4, -0.2) is 43.2 Å². The van der Waals surface area contributed by atoms with Crippen LogP contribution in [-0.2, 0) is 9.53 Å². The van der Waals surface area contributed by atoms with Gasteiger partial charge < -0.3 is 14.4 Å². The second-order valence-electron chi connectivity index (χ2n) is 4.61. The number of hydrogen-bond acceptors (Lipinski definition) is 3. The fourth-order valence-electron chi connectivity index (χ4n) is 1.99. The maximum absolute atomic E-state index is 12.2. The van der Waals surface area contributed by atoms with Crippen molar-refractivity contribution < 1.29 is 14.3 Å². The van der Waals surface area contributed by atoms with Crippen molar-refractivity contribution in [3.8, 4) is 5.75 Å². The first-order valence-corrected chi connectivity index (χ1v) is 6.75. The van der Waals surface area contributed by atoms with Gasteiger partial charge >= 0.3 is 0 Å². The third-order valence-electron chi connectivity index (χ3n) is 3.11. The van der Waals surface area contributed by atoms with Crippen molar-refractivity contribution in [1.82, 2.24) is 4.90 Å². The van der Waals surface area contributed by atoms with Crippen LogP contribution in [0, 0.1) is 6.92 Å². The second kappa shape index (κ2) is 6.26. The molecule has 5 heteroatoms. The molecule has 0 bridgehead atoms. The molecule has 0 aromatic heterocycles. The first kappa shape index (κ1) is 14.2. The molecule has 0 spiro atoms. The van der Waals surface area contributed by atoms with Gasteiger partial charge in [0.2, 0.25) is 0 Å². The Balaban J connectivity index is 1.97. The molecule has 1 aliphatic heterocycles. The lowest BCUT2D eigenvalue weighted by atomic mass is 10.2. The predicted molar refractivity (Wildman–Crippen MR) is 73.7 cm³/mol. The van der Waals surface area contributed by atoms with Gasteiger partial charge in [0.25, 0.3) is 5.91 Å². The van der Waals surface area contributed by atoms with Gasteiger partial charge in [-0.2, -0.15) is 0 Å². The number of carbonyl (C=O) groups is 1. The fraction of sp³-hybridized carbons (Fsp3) is 0.500. The molecule has 4 nitrogen and oxygen atoms in total. The lowest BCUT2D eigenvalue weighted by molar-refractivity contribution is -0.142. The van der Waals surface area contributed by atoms with Crippen molar-refractivity contribution in [3.63, 3.8) is 0 Å². The topological polar surface area (TPSA) is 38.8 Å². The SMILES string of the molecule is Cc1cc(O[C@@H](C)C(=O)N2CCOCC2)ccc1Cl. The summed E-state index contributed by atoms with van der Waals surface area (Å²) in [6.45, 7) is 6.13. The highest BCUT2D eigenvalue weighted by Gasteiger charge is 2.23. The molecule has 1 aliphatic rings. The van der Waals surface area contributed by atoms with E-state index in [2.05, 4.69) is 0 Å². The van der Waals surface area contributed by atoms with Crippen LogP contribution in [0.15, 0.2) is 18.2 Å². The maximum Gasteiger partial charge on any atom is 0.263 e. The van der Waals surface area contributed by atoms with E-state index in [-0.39, 0.29) is 5.91 Å². The van der Waals surface area contributed by atoms with Crippen molar-refractivity contribution in [2.45, 2.75) is 20.0 Å². The fourth-order valence-corrected chi connectivity index (χ4v) is 2.10. The van der Waals surface area contributed by atoms with E-state index >= 15 is 0 Å². The van der Waals surface area contributed by atoms with Gasteiger partial charge in [0, 0.05) is 18.1 Å². The molecule has 0 saturated carbocycles. The Morgan fingerprint density at radius 3 is 2.74 bits per heavy atom. The van der Waals surface area contributed by atoms with Crippen molar-refractivity contribution >= 4 is 17.5 Å². The first-order chi connectivity index (χ1) is 9.08. The van der Waals surface area contributed by atoms with E-state index in [0.717, 1.165) is 5.56 Å². The number of hydrogen-bond donors (Lipinski definition) is 0. The van der Waals surface area contributed by atoms with Gasteiger partial charge in [-0.25, -0.2) is 0 Å². The third kappa shape index (κ3) is 3.61. The van der Waals surface area contributed by atoms with E-state index in [1.807, 2.05) is 13.0 Å². The van der Waals surface area contributed by atoms with Crippen LogP contribution in [0.3, 0.4) is 0 Å². The van der Waals surface area contributed by atoms with E-state index in [0.29, 0.717) is 37.1 Å². The van der Waals surface area contributed by atoms with Gasteiger partial charge in [-0.05, 0) is 37.6 Å². The van der Waals surface area contributed by atoms with Crippen LogP contribution < -0.4 is 4.74 Å². The number of carbonyl (C=O) groups excluding carboxylic acids is 1. The number of amides is 1. The smallest absolute Gasteiger partial charge is 0.263 e. The molecule has 0 unspecified atom stereocenters. The minimum atomic E-state index is -0.501. The van der Waals surface area contributed by atoms with Crippen molar-refractivity contribution in [2.24, 2.45) is 0 Å². The summed E-state index contributed by atoms with van der Waals surface area (Å²) < 4.78 is 10.9. The highest BCUT2D eigenvalue weighted by Crippen LogP contribution is 2.22. The van der Waals surface area contributed by atoms with Crippen LogP contribution in [0.2, 0.25) is 5.02 Å². The Morgan fingerprint density at radius 2 is 2.11 bits per heavy atom. The van der Waals surface area contributed by atoms with Crippen LogP contribution in [0.4, 0.5) is 0 Å². The molecule has 1 amide bonds. The minimum absolute atomic E-state index is 0.00379. The zero-order valence-corrected chi connectivity index (χ0v) is 11.9. The summed E-state index contributed by atoms with van der Waals surface area (Å²) in [6.07, 6.45) is -0.501. The van der Waals surface area contributed by atoms with E-state index in [9.17, 15) is 4.79 Å². The Morgan fingerprint density at radius 1 is 1.42 bits per heavy atom. The van der Waals surface area contributed by atoms with Crippen molar-refractivity contribution in [2.75, 3.05) is 26.3 Å². The highest BCUT2D eigenvalue weighted by molar-refractivity contribution is 6.31. The Hall–Kier alpha value is -1.26. The lowest BCUT2D eigenvalue weighted by Crippen LogP contribution is -2.46. The average molecular weight is 284 g/mol. The van der Waals surface area contributed by atoms with E-state index in [1.54, 1.807) is 24.0 Å². The molecule has 1 aromatic carbocycles. The maximum atomic E-state index is 12.2. The van der Waals surface area contributed by atoms with Crippen LogP contribution >= 0.6 is 11.6 Å². The number of nitrogens with zero attached hydrogens (tertiary/aromatic N) is 1. The van der Waals surface area contributed by atoms with Gasteiger partial charge in [-0.1, -0.05) is 11.6 Å². The summed E-state index contributed by atoms with van der Waals surface area (Å²) in [7, 11) is 0. The summed E-state index contributed by atoms with van der Waals surface area (Å²) in [5.74, 6) is 0.659. The van der Waals surface area contributed by atoms with Gasteiger partial charge in [0.15, 0.2) is 6.10 Å². The molecule has 104 valence electrons. The number of morpholine rings is 1. The van der Waals surface area contributed by atoms with Crippen LogP contribution in [0.5, 0.6) is 5.75 Å². The van der Waals surface area contributed by atoms with Gasteiger partial charge in [-0.3, -0.25) is 4.79 Å². The number of ether oxygens (including phenoxy) is 2. The normalized spacial score (nSPS) is 17.1. The highest BCUT2D eigenvalue weighted by atomic mass is 35.5. The molecule has 0 radical (unpaired) electrons. The lowest BCUT2D eigenvalue weighted by Gasteiger charge is -2.29. The zero-order valence-electron chi connectivity index (χ0n) is 11.2. The standard InChI is InChI=1S/C14H18ClNO3/c1-10-9-12(3-4-13(10)15)19-11(2)14(17)16-5-7-18-8-6-16/h3-4,9,11H,5-8H2,1-2H3/t11-/m0/s1. The number of benzene rings is 1. The quantitative estimate of drug-likeness (QED) is 0.854. The molecule has 19 heavy (non-hydrogen) atoms. The molecule has 1 aromatic rings. The molecule has 0 N–H and O–H groups in total. The first-order valence-electron chi connectivity index (χ1n) is 6.37. The summed E-state index contributed by atoms with van der Waals surface area (Å²) >= 11 is 5.96. The Labute approximate surface area is 118 Å². The predicted octanol–water partition coefficient (Wildman–Crippen LogP) is 2.27. The summed E-state index contributed by atoms with van der Waals surface area (Å²) in [6, 6.07) is 5.39. The molecule has 1 atom stereocenters. The molecule has 2 rings (SSSR count). The van der Waals surface area contributed by atoms with Crippen LogP contribution in [0.1, 0.15) is 12.5 Å². The monoisotopic (exact) mass is 283 g/mol. The van der Waals surface area contributed by atoms with Crippen molar-refractivity contribution in [3.05, 3.63) is 28.8 Å². The Bertz CT molecular complexity index is 458. The molecule has 0 aliphatic carbocycles. The van der Waals surface area contributed by atoms with E-state index in [4.69, 9.17) is 21.1 Å². The Kier molecular flexibility index (Phi) is 4.66. The molecular weight excluding hydrogens is 266 g/mol. The number of rotatable bonds is 3. The van der Waals surface area contributed by atoms with Gasteiger partial charge in [0.05, 0.1) is 13.2 Å². The molecule has 1 heterocycles. The molecular formula is C14H18ClNO3. The summed E-state index contributed by atoms with van der Waals surface area (Å²) in [5, 5.41) is 0.694. The van der Waals surface area contributed by atoms with Gasteiger partial charge in [0.1, 0.15) is 5.75 Å². The number of aryl methyl sites for hydroxylation is 1. The van der Waals surface area contributed by atoms with Gasteiger partial charge in [-0.15, -0.1) is 0 Å². The number of halogens is 1.